The monoisotopic (exact) mass is 439 g/mol. The highest BCUT2D eigenvalue weighted by molar-refractivity contribution is 6.31. The Labute approximate surface area is 184 Å². The summed E-state index contributed by atoms with van der Waals surface area (Å²) in [5.41, 5.74) is 2.88. The van der Waals surface area contributed by atoms with Gasteiger partial charge in [0.1, 0.15) is 6.04 Å². The maximum absolute atomic E-state index is 12.7. The van der Waals surface area contributed by atoms with Gasteiger partial charge in [0.05, 0.1) is 0 Å². The van der Waals surface area contributed by atoms with Crippen molar-refractivity contribution >= 4 is 40.3 Å². The lowest BCUT2D eigenvalue weighted by atomic mass is 10.1. The van der Waals surface area contributed by atoms with E-state index in [-0.39, 0.29) is 31.2 Å². The Kier molecular flexibility index (Phi) is 6.18. The van der Waals surface area contributed by atoms with E-state index in [0.29, 0.717) is 18.0 Å². The van der Waals surface area contributed by atoms with Crippen molar-refractivity contribution in [1.29, 1.82) is 0 Å². The first-order valence-electron chi connectivity index (χ1n) is 10.0. The van der Waals surface area contributed by atoms with E-state index in [1.165, 1.54) is 4.90 Å². The number of halogens is 1. The molecule has 3 heterocycles. The molecule has 4 amide bonds. The summed E-state index contributed by atoms with van der Waals surface area (Å²) in [6.45, 7) is 0.655. The van der Waals surface area contributed by atoms with Gasteiger partial charge >= 0.3 is 6.03 Å². The highest BCUT2D eigenvalue weighted by Crippen LogP contribution is 2.23. The molecule has 1 fully saturated rings. The molecule has 0 saturated carbocycles. The number of imide groups is 1. The fourth-order valence-corrected chi connectivity index (χ4v) is 3.81. The van der Waals surface area contributed by atoms with Crippen molar-refractivity contribution in [3.8, 4) is 0 Å². The number of H-pyrrole nitrogens is 1. The van der Waals surface area contributed by atoms with Crippen LogP contribution in [0.1, 0.15) is 24.0 Å². The lowest BCUT2D eigenvalue weighted by Gasteiger charge is -2.13. The number of carbonyl (C=O) groups excluding carboxylic acids is 3. The predicted octanol–water partition coefficient (Wildman–Crippen LogP) is 2.78. The number of aromatic amines is 1. The molecule has 8 nitrogen and oxygen atoms in total. The molecule has 31 heavy (non-hydrogen) atoms. The highest BCUT2D eigenvalue weighted by atomic mass is 35.5. The van der Waals surface area contributed by atoms with Crippen LogP contribution in [0.2, 0.25) is 5.02 Å². The number of hydrogen-bond donors (Lipinski definition) is 3. The van der Waals surface area contributed by atoms with Gasteiger partial charge in [-0.2, -0.15) is 0 Å². The Morgan fingerprint density at radius 3 is 2.81 bits per heavy atom. The molecule has 1 atom stereocenters. The molecule has 0 bridgehead atoms. The number of nitrogens with zero attached hydrogens (tertiary/aromatic N) is 2. The van der Waals surface area contributed by atoms with E-state index in [9.17, 15) is 14.4 Å². The summed E-state index contributed by atoms with van der Waals surface area (Å²) in [6.07, 6.45) is 6.10. The zero-order valence-electron chi connectivity index (χ0n) is 16.7. The summed E-state index contributed by atoms with van der Waals surface area (Å²) in [4.78, 5) is 45.4. The smallest absolute Gasteiger partial charge is 0.324 e. The molecule has 3 N–H and O–H groups in total. The average molecular weight is 440 g/mol. The predicted molar refractivity (Wildman–Crippen MR) is 116 cm³/mol. The Bertz CT molecular complexity index is 1110. The average Bonchev–Trinajstić information content (AvgIpc) is 3.29. The number of amides is 4. The largest absolute Gasteiger partial charge is 0.361 e. The number of carbonyl (C=O) groups is 3. The third-order valence-electron chi connectivity index (χ3n) is 5.34. The maximum Gasteiger partial charge on any atom is 0.324 e. The summed E-state index contributed by atoms with van der Waals surface area (Å²) in [5, 5.41) is 7.09. The van der Waals surface area contributed by atoms with Crippen LogP contribution in [-0.2, 0) is 22.6 Å². The van der Waals surface area contributed by atoms with Crippen molar-refractivity contribution < 1.29 is 14.4 Å². The first kappa shape index (κ1) is 20.9. The minimum absolute atomic E-state index is 0.149. The van der Waals surface area contributed by atoms with E-state index in [1.54, 1.807) is 18.5 Å². The number of aromatic nitrogens is 2. The number of benzene rings is 1. The molecule has 2 aromatic heterocycles. The lowest BCUT2D eigenvalue weighted by Crippen LogP contribution is -2.33. The van der Waals surface area contributed by atoms with Crippen LogP contribution in [0, 0.1) is 0 Å². The first-order valence-corrected chi connectivity index (χ1v) is 10.4. The van der Waals surface area contributed by atoms with Gasteiger partial charge in [-0.3, -0.25) is 19.5 Å². The van der Waals surface area contributed by atoms with Crippen molar-refractivity contribution in [3.05, 3.63) is 65.1 Å². The minimum Gasteiger partial charge on any atom is -0.361 e. The minimum atomic E-state index is -0.684. The highest BCUT2D eigenvalue weighted by Gasteiger charge is 2.37. The molecule has 1 aromatic carbocycles. The van der Waals surface area contributed by atoms with E-state index >= 15 is 0 Å². The van der Waals surface area contributed by atoms with E-state index in [1.807, 2.05) is 30.5 Å². The molecule has 1 aliphatic heterocycles. The van der Waals surface area contributed by atoms with Crippen LogP contribution < -0.4 is 10.6 Å². The standard InChI is InChI=1S/C22H22ClN5O3/c23-16-1-2-18-17(11-16)15(13-25-18)7-10-28-21(30)19(27-22(28)31)3-4-20(29)26-12-14-5-8-24-9-6-14/h1-2,5-6,8-9,11,13,19,25H,3-4,7,10,12H2,(H,26,29)(H,27,31)/t19-/m0/s1. The molecule has 0 aliphatic carbocycles. The fourth-order valence-electron chi connectivity index (χ4n) is 3.64. The van der Waals surface area contributed by atoms with Crippen LogP contribution in [0.3, 0.4) is 0 Å². The molecule has 1 saturated heterocycles. The van der Waals surface area contributed by atoms with Crippen LogP contribution in [0.5, 0.6) is 0 Å². The number of nitrogens with one attached hydrogen (secondary N) is 3. The summed E-state index contributed by atoms with van der Waals surface area (Å²) >= 11 is 6.08. The SMILES string of the molecule is O=C(CC[C@@H]1NC(=O)N(CCc2c[nH]c3ccc(Cl)cc23)C1=O)NCc1ccncc1. The molecule has 3 aromatic rings. The molecule has 160 valence electrons. The van der Waals surface area contributed by atoms with Crippen molar-refractivity contribution in [2.75, 3.05) is 6.54 Å². The zero-order chi connectivity index (χ0) is 21.8. The van der Waals surface area contributed by atoms with Gasteiger partial charge in [-0.15, -0.1) is 0 Å². The Balaban J connectivity index is 1.28. The molecular formula is C22H22ClN5O3. The van der Waals surface area contributed by atoms with E-state index in [4.69, 9.17) is 11.6 Å². The van der Waals surface area contributed by atoms with Crippen LogP contribution in [-0.4, -0.2) is 45.3 Å². The molecule has 9 heteroatoms. The topological polar surface area (TPSA) is 107 Å². The third-order valence-corrected chi connectivity index (χ3v) is 5.58. The Hall–Kier alpha value is -3.39. The molecule has 4 rings (SSSR count). The zero-order valence-corrected chi connectivity index (χ0v) is 17.5. The first-order chi connectivity index (χ1) is 15.0. The summed E-state index contributed by atoms with van der Waals surface area (Å²) in [6, 6.07) is 8.09. The number of fused-ring (bicyclic) bond motifs is 1. The fraction of sp³-hybridized carbons (Fsp3) is 0.273. The van der Waals surface area contributed by atoms with Gasteiger partial charge in [0.15, 0.2) is 0 Å². The molecular weight excluding hydrogens is 418 g/mol. The quantitative estimate of drug-likeness (QED) is 0.469. The summed E-state index contributed by atoms with van der Waals surface area (Å²) < 4.78 is 0. The van der Waals surface area contributed by atoms with Gasteiger partial charge in [0.2, 0.25) is 5.91 Å². The van der Waals surface area contributed by atoms with E-state index < -0.39 is 12.1 Å². The molecule has 1 aliphatic rings. The van der Waals surface area contributed by atoms with Gasteiger partial charge in [0.25, 0.3) is 5.91 Å². The number of pyridine rings is 1. The number of urea groups is 1. The van der Waals surface area contributed by atoms with Crippen LogP contribution in [0.25, 0.3) is 10.9 Å². The second-order valence-corrected chi connectivity index (χ2v) is 7.85. The van der Waals surface area contributed by atoms with Crippen molar-refractivity contribution in [2.24, 2.45) is 0 Å². The van der Waals surface area contributed by atoms with Gasteiger partial charge in [-0.25, -0.2) is 4.79 Å². The van der Waals surface area contributed by atoms with Crippen LogP contribution >= 0.6 is 11.6 Å². The summed E-state index contributed by atoms with van der Waals surface area (Å²) in [7, 11) is 0. The number of hydrogen-bond acceptors (Lipinski definition) is 4. The number of rotatable bonds is 8. The molecule has 0 unspecified atom stereocenters. The Morgan fingerprint density at radius 1 is 1.19 bits per heavy atom. The van der Waals surface area contributed by atoms with Crippen molar-refractivity contribution in [3.63, 3.8) is 0 Å². The third kappa shape index (κ3) is 4.86. The van der Waals surface area contributed by atoms with Gasteiger partial charge < -0.3 is 15.6 Å². The van der Waals surface area contributed by atoms with Gasteiger partial charge in [0, 0.05) is 54.0 Å². The van der Waals surface area contributed by atoms with Gasteiger partial charge in [-0.05, 0) is 54.3 Å². The normalized spacial score (nSPS) is 16.0. The van der Waals surface area contributed by atoms with Crippen molar-refractivity contribution in [1.82, 2.24) is 25.5 Å². The Morgan fingerprint density at radius 2 is 2.00 bits per heavy atom. The van der Waals surface area contributed by atoms with Crippen molar-refractivity contribution in [2.45, 2.75) is 31.8 Å². The van der Waals surface area contributed by atoms with E-state index in [0.717, 1.165) is 22.0 Å². The maximum atomic E-state index is 12.7. The molecule has 0 radical (unpaired) electrons. The van der Waals surface area contributed by atoms with E-state index in [2.05, 4.69) is 20.6 Å². The second kappa shape index (κ2) is 9.18. The molecule has 0 spiro atoms. The van der Waals surface area contributed by atoms with Crippen LogP contribution in [0.15, 0.2) is 48.9 Å². The van der Waals surface area contributed by atoms with Gasteiger partial charge in [-0.1, -0.05) is 11.6 Å². The van der Waals surface area contributed by atoms with Crippen LogP contribution in [0.4, 0.5) is 4.79 Å². The summed E-state index contributed by atoms with van der Waals surface area (Å²) in [5.74, 6) is -0.474. The second-order valence-electron chi connectivity index (χ2n) is 7.42. The lowest BCUT2D eigenvalue weighted by molar-refractivity contribution is -0.127.